The Balaban J connectivity index is -0.0000000627. The molecule has 0 amide bonds. The molecule has 0 atom stereocenters. The molecule has 8 heteroatoms. The highest BCUT2D eigenvalue weighted by Gasteiger charge is 2.00. The van der Waals surface area contributed by atoms with Crippen LogP contribution in [0.15, 0.2) is 26.3 Å². The fraction of sp³-hybridized carbons (Fsp3) is 0.667. The molecule has 0 aliphatic carbocycles. The predicted molar refractivity (Wildman–Crippen MR) is 82.3 cm³/mol. The number of hydrogen-bond donors (Lipinski definition) is 7. The summed E-state index contributed by atoms with van der Waals surface area (Å²) in [6.45, 7) is 14.2. The SMILES string of the molecule is C=C.C=C.NCCO.NO.OCCN(CCO)CCO. The third-order valence-corrected chi connectivity index (χ3v) is 1.38. The molecule has 0 aromatic rings. The van der Waals surface area contributed by atoms with Gasteiger partial charge in [-0.3, -0.25) is 4.90 Å². The van der Waals surface area contributed by atoms with Crippen LogP contribution in [0.2, 0.25) is 0 Å². The second kappa shape index (κ2) is 51.8. The predicted octanol–water partition coefficient (Wildman–Crippen LogP) is -1.86. The molecule has 8 nitrogen and oxygen atoms in total. The molecule has 9 N–H and O–H groups in total. The van der Waals surface area contributed by atoms with E-state index in [1.54, 1.807) is 4.90 Å². The second-order valence-corrected chi connectivity index (χ2v) is 2.52. The van der Waals surface area contributed by atoms with E-state index in [0.717, 1.165) is 0 Å². The lowest BCUT2D eigenvalue weighted by molar-refractivity contribution is 0.136. The zero-order valence-corrected chi connectivity index (χ0v) is 12.3. The van der Waals surface area contributed by atoms with Crippen molar-refractivity contribution in [2.24, 2.45) is 11.6 Å². The van der Waals surface area contributed by atoms with E-state index in [4.69, 9.17) is 31.4 Å². The van der Waals surface area contributed by atoms with Crippen molar-refractivity contribution >= 4 is 0 Å². The fourth-order valence-corrected chi connectivity index (χ4v) is 0.760. The van der Waals surface area contributed by atoms with Crippen LogP contribution >= 0.6 is 0 Å². The van der Waals surface area contributed by atoms with Crippen molar-refractivity contribution in [2.75, 3.05) is 52.6 Å². The van der Waals surface area contributed by atoms with Crippen molar-refractivity contribution in [3.63, 3.8) is 0 Å². The molecular weight excluding hydrogens is 266 g/mol. The average molecular weight is 299 g/mol. The van der Waals surface area contributed by atoms with Gasteiger partial charge in [0.15, 0.2) is 0 Å². The highest BCUT2D eigenvalue weighted by atomic mass is 16.4. The van der Waals surface area contributed by atoms with Crippen LogP contribution in [0.1, 0.15) is 0 Å². The molecule has 0 saturated heterocycles. The maximum Gasteiger partial charge on any atom is 0.0558 e. The number of hydrogen-bond acceptors (Lipinski definition) is 8. The number of aliphatic hydroxyl groups is 4. The molecule has 0 rings (SSSR count). The first-order valence-corrected chi connectivity index (χ1v) is 5.88. The van der Waals surface area contributed by atoms with Crippen LogP contribution in [-0.2, 0) is 0 Å². The summed E-state index contributed by atoms with van der Waals surface area (Å²) < 4.78 is 0. The molecule has 0 saturated carbocycles. The molecule has 0 fully saturated rings. The van der Waals surface area contributed by atoms with Crippen LogP contribution in [0.3, 0.4) is 0 Å². The molecule has 0 aromatic heterocycles. The van der Waals surface area contributed by atoms with Gasteiger partial charge in [0.2, 0.25) is 0 Å². The van der Waals surface area contributed by atoms with E-state index in [9.17, 15) is 0 Å². The van der Waals surface area contributed by atoms with Crippen molar-refractivity contribution in [1.82, 2.24) is 4.90 Å². The minimum atomic E-state index is 0.0694. The van der Waals surface area contributed by atoms with Crippen LogP contribution in [0.4, 0.5) is 0 Å². The van der Waals surface area contributed by atoms with E-state index in [2.05, 4.69) is 32.2 Å². The molecule has 0 radical (unpaired) electrons. The molecule has 20 heavy (non-hydrogen) atoms. The second-order valence-electron chi connectivity index (χ2n) is 2.52. The van der Waals surface area contributed by atoms with Crippen LogP contribution in [-0.4, -0.2) is 83.1 Å². The zero-order valence-electron chi connectivity index (χ0n) is 12.3. The molecule has 0 heterocycles. The number of nitrogens with two attached hydrogens (primary N) is 2. The van der Waals surface area contributed by atoms with E-state index >= 15 is 0 Å². The van der Waals surface area contributed by atoms with Gasteiger partial charge in [-0.1, -0.05) is 0 Å². The first kappa shape index (κ1) is 31.5. The summed E-state index contributed by atoms with van der Waals surface area (Å²) >= 11 is 0. The molecule has 0 unspecified atom stereocenters. The summed E-state index contributed by atoms with van der Waals surface area (Å²) in [5, 5.41) is 39.7. The molecular formula is C12H33N3O5. The molecule has 0 aliphatic rings. The van der Waals surface area contributed by atoms with Gasteiger partial charge >= 0.3 is 0 Å². The van der Waals surface area contributed by atoms with Crippen molar-refractivity contribution in [2.45, 2.75) is 0 Å². The lowest BCUT2D eigenvalue weighted by Crippen LogP contribution is -2.32. The topological polar surface area (TPSA) is 156 Å². The molecule has 0 aliphatic heterocycles. The number of rotatable bonds is 7. The van der Waals surface area contributed by atoms with Gasteiger partial charge in [-0.25, -0.2) is 5.90 Å². The third kappa shape index (κ3) is 53.4. The van der Waals surface area contributed by atoms with E-state index in [1.807, 2.05) is 0 Å². The van der Waals surface area contributed by atoms with Crippen LogP contribution < -0.4 is 11.6 Å². The third-order valence-electron chi connectivity index (χ3n) is 1.38. The maximum absolute atomic E-state index is 8.48. The van der Waals surface area contributed by atoms with Crippen molar-refractivity contribution < 1.29 is 25.6 Å². The Morgan fingerprint density at radius 1 is 0.650 bits per heavy atom. The summed E-state index contributed by atoms with van der Waals surface area (Å²) in [5.74, 6) is 3.50. The van der Waals surface area contributed by atoms with Crippen molar-refractivity contribution in [1.29, 1.82) is 0 Å². The smallest absolute Gasteiger partial charge is 0.0558 e. The van der Waals surface area contributed by atoms with Gasteiger partial charge in [-0.2, -0.15) is 0 Å². The maximum atomic E-state index is 8.48. The fourth-order valence-electron chi connectivity index (χ4n) is 0.760. The lowest BCUT2D eigenvalue weighted by atomic mass is 10.4. The quantitative estimate of drug-likeness (QED) is 0.213. The summed E-state index contributed by atoms with van der Waals surface area (Å²) in [7, 11) is 0. The monoisotopic (exact) mass is 299 g/mol. The van der Waals surface area contributed by atoms with Gasteiger partial charge < -0.3 is 31.4 Å². The first-order valence-electron chi connectivity index (χ1n) is 5.88. The summed E-state index contributed by atoms with van der Waals surface area (Å²) in [6.07, 6.45) is 0. The van der Waals surface area contributed by atoms with E-state index in [0.29, 0.717) is 26.2 Å². The highest BCUT2D eigenvalue weighted by molar-refractivity contribution is 4.54. The van der Waals surface area contributed by atoms with E-state index in [-0.39, 0.29) is 26.4 Å². The lowest BCUT2D eigenvalue weighted by Gasteiger charge is -2.17. The minimum Gasteiger partial charge on any atom is -0.395 e. The largest absolute Gasteiger partial charge is 0.395 e. The van der Waals surface area contributed by atoms with Gasteiger partial charge in [0.05, 0.1) is 26.4 Å². The molecule has 0 spiro atoms. The van der Waals surface area contributed by atoms with Gasteiger partial charge in [0.25, 0.3) is 0 Å². The molecule has 0 bridgehead atoms. The number of nitrogens with zero attached hydrogens (tertiary/aromatic N) is 1. The minimum absolute atomic E-state index is 0.0694. The normalized spacial score (nSPS) is 7.60. The zero-order chi connectivity index (χ0) is 17.2. The van der Waals surface area contributed by atoms with Gasteiger partial charge in [0.1, 0.15) is 0 Å². The van der Waals surface area contributed by atoms with E-state index < -0.39 is 0 Å². The van der Waals surface area contributed by atoms with Gasteiger partial charge in [-0.05, 0) is 0 Å². The number of aliphatic hydroxyl groups excluding tert-OH is 4. The highest BCUT2D eigenvalue weighted by Crippen LogP contribution is 1.84. The van der Waals surface area contributed by atoms with Gasteiger partial charge in [-0.15, -0.1) is 26.3 Å². The van der Waals surface area contributed by atoms with Crippen molar-refractivity contribution in [3.8, 4) is 0 Å². The van der Waals surface area contributed by atoms with Crippen LogP contribution in [0.5, 0.6) is 0 Å². The standard InChI is InChI=1S/C6H15NO3.C2H7NO.2C2H4.H3NO/c8-4-1-7(2-5-9)3-6-10;3-1-2-4;3*1-2/h8-10H,1-6H2;4H,1-3H2;2*1-2H2;2H,1H2. The Bertz CT molecular complexity index is 105. The Labute approximate surface area is 122 Å². The van der Waals surface area contributed by atoms with Crippen LogP contribution in [0.25, 0.3) is 0 Å². The average Bonchev–Trinajstić information content (AvgIpc) is 2.54. The first-order chi connectivity index (χ1) is 9.76. The summed E-state index contributed by atoms with van der Waals surface area (Å²) in [5.41, 5.74) is 4.78. The Morgan fingerprint density at radius 2 is 0.850 bits per heavy atom. The van der Waals surface area contributed by atoms with Crippen molar-refractivity contribution in [3.05, 3.63) is 26.3 Å². The Morgan fingerprint density at radius 3 is 0.950 bits per heavy atom. The molecule has 126 valence electrons. The Kier molecular flexibility index (Phi) is 81.6. The Hall–Kier alpha value is -0.840. The summed E-state index contributed by atoms with van der Waals surface area (Å²) in [4.78, 5) is 1.79. The van der Waals surface area contributed by atoms with E-state index in [1.165, 1.54) is 0 Å². The van der Waals surface area contributed by atoms with Gasteiger partial charge in [0, 0.05) is 26.2 Å². The van der Waals surface area contributed by atoms with Crippen LogP contribution in [0, 0.1) is 0 Å². The molecule has 0 aromatic carbocycles. The summed E-state index contributed by atoms with van der Waals surface area (Å²) in [6, 6.07) is 0.